The van der Waals surface area contributed by atoms with Crippen molar-refractivity contribution >= 4 is 41.7 Å². The molecule has 0 unspecified atom stereocenters. The third kappa shape index (κ3) is 7.37. The van der Waals surface area contributed by atoms with Crippen molar-refractivity contribution in [1.82, 2.24) is 5.32 Å². The minimum Gasteiger partial charge on any atom is -0.453 e. The maximum Gasteiger partial charge on any atom is 0.411 e. The van der Waals surface area contributed by atoms with Crippen LogP contribution in [0.5, 0.6) is 0 Å². The monoisotopic (exact) mass is 446 g/mol. The van der Waals surface area contributed by atoms with Crippen molar-refractivity contribution in [3.63, 3.8) is 0 Å². The third-order valence-electron chi connectivity index (χ3n) is 4.02. The lowest BCUT2D eigenvalue weighted by atomic mass is 10.1. The highest BCUT2D eigenvalue weighted by Gasteiger charge is 2.12. The fraction of sp³-hybridized carbons (Fsp3) is 0.529. The average molecular weight is 446 g/mol. The van der Waals surface area contributed by atoms with Crippen molar-refractivity contribution < 1.29 is 9.53 Å². The molecule has 0 aliphatic heterocycles. The van der Waals surface area contributed by atoms with Crippen molar-refractivity contribution in [2.24, 2.45) is 10.7 Å². The zero-order valence-corrected chi connectivity index (χ0v) is 16.4. The summed E-state index contributed by atoms with van der Waals surface area (Å²) in [6.45, 7) is 0.518. The van der Waals surface area contributed by atoms with E-state index in [-0.39, 0.29) is 24.0 Å². The smallest absolute Gasteiger partial charge is 0.411 e. The molecule has 0 bridgehead atoms. The highest BCUT2D eigenvalue weighted by atomic mass is 127. The van der Waals surface area contributed by atoms with Gasteiger partial charge in [-0.05, 0) is 30.5 Å². The number of hydrogen-bond acceptors (Lipinski definition) is 3. The van der Waals surface area contributed by atoms with Crippen LogP contribution in [0, 0.1) is 0 Å². The lowest BCUT2D eigenvalue weighted by Gasteiger charge is -2.16. The minimum absolute atomic E-state index is 0. The third-order valence-corrected chi connectivity index (χ3v) is 4.02. The van der Waals surface area contributed by atoms with Crippen molar-refractivity contribution in [3.05, 3.63) is 29.8 Å². The number of hydrogen-bond donors (Lipinski definition) is 3. The van der Waals surface area contributed by atoms with Gasteiger partial charge in [0, 0.05) is 11.7 Å². The Morgan fingerprint density at radius 1 is 1.21 bits per heavy atom. The maximum atomic E-state index is 11.1. The number of benzene rings is 1. The Kier molecular flexibility index (Phi) is 9.51. The topological polar surface area (TPSA) is 88.7 Å². The SMILES string of the molecule is COC(=O)Nc1ccc(CN=C(N)NC2CCCCCC2)cc1.I. The van der Waals surface area contributed by atoms with Gasteiger partial charge < -0.3 is 15.8 Å². The molecule has 0 spiro atoms. The number of methoxy groups -OCH3 is 1. The van der Waals surface area contributed by atoms with E-state index >= 15 is 0 Å². The number of nitrogens with two attached hydrogens (primary N) is 1. The summed E-state index contributed by atoms with van der Waals surface area (Å²) in [7, 11) is 1.34. The predicted molar refractivity (Wildman–Crippen MR) is 108 cm³/mol. The van der Waals surface area contributed by atoms with E-state index in [4.69, 9.17) is 5.73 Å². The van der Waals surface area contributed by atoms with Gasteiger partial charge in [-0.3, -0.25) is 5.32 Å². The van der Waals surface area contributed by atoms with Crippen LogP contribution < -0.4 is 16.4 Å². The van der Waals surface area contributed by atoms with Gasteiger partial charge >= 0.3 is 6.09 Å². The molecule has 24 heavy (non-hydrogen) atoms. The minimum atomic E-state index is -0.479. The molecule has 0 heterocycles. The van der Waals surface area contributed by atoms with Crippen LogP contribution in [0.4, 0.5) is 10.5 Å². The average Bonchev–Trinajstić information content (AvgIpc) is 2.82. The molecule has 7 heteroatoms. The number of anilines is 1. The van der Waals surface area contributed by atoms with Crippen LogP contribution in [-0.2, 0) is 11.3 Å². The number of aliphatic imine (C=N–C) groups is 1. The van der Waals surface area contributed by atoms with Crippen LogP contribution in [-0.4, -0.2) is 25.2 Å². The van der Waals surface area contributed by atoms with Gasteiger partial charge in [-0.15, -0.1) is 24.0 Å². The fourth-order valence-electron chi connectivity index (χ4n) is 2.72. The summed E-state index contributed by atoms with van der Waals surface area (Å²) in [5, 5.41) is 5.94. The van der Waals surface area contributed by atoms with E-state index < -0.39 is 6.09 Å². The number of amides is 1. The van der Waals surface area contributed by atoms with Crippen molar-refractivity contribution in [2.75, 3.05) is 12.4 Å². The first-order valence-electron chi connectivity index (χ1n) is 8.18. The normalized spacial score (nSPS) is 15.8. The van der Waals surface area contributed by atoms with E-state index in [1.54, 1.807) is 0 Å². The van der Waals surface area contributed by atoms with E-state index in [2.05, 4.69) is 20.4 Å². The van der Waals surface area contributed by atoms with Gasteiger partial charge in [0.2, 0.25) is 0 Å². The first-order chi connectivity index (χ1) is 11.2. The number of guanidine groups is 1. The first-order valence-corrected chi connectivity index (χ1v) is 8.18. The van der Waals surface area contributed by atoms with Crippen LogP contribution in [0.2, 0.25) is 0 Å². The number of carbonyl (C=O) groups excluding carboxylic acids is 1. The van der Waals surface area contributed by atoms with Crippen LogP contribution in [0.25, 0.3) is 0 Å². The van der Waals surface area contributed by atoms with Gasteiger partial charge in [0.1, 0.15) is 0 Å². The fourth-order valence-corrected chi connectivity index (χ4v) is 2.72. The quantitative estimate of drug-likeness (QED) is 0.285. The van der Waals surface area contributed by atoms with E-state index in [1.807, 2.05) is 24.3 Å². The number of ether oxygens (including phenoxy) is 1. The molecule has 1 amide bonds. The van der Waals surface area contributed by atoms with Gasteiger partial charge in [0.05, 0.1) is 13.7 Å². The molecule has 0 atom stereocenters. The molecule has 1 aliphatic carbocycles. The second-order valence-corrected chi connectivity index (χ2v) is 5.85. The van der Waals surface area contributed by atoms with E-state index in [0.29, 0.717) is 24.2 Å². The number of carbonyl (C=O) groups is 1. The van der Waals surface area contributed by atoms with Crippen molar-refractivity contribution in [2.45, 2.75) is 51.1 Å². The summed E-state index contributed by atoms with van der Waals surface area (Å²) in [4.78, 5) is 15.5. The predicted octanol–water partition coefficient (Wildman–Crippen LogP) is 3.61. The number of nitrogens with one attached hydrogen (secondary N) is 2. The van der Waals surface area contributed by atoms with Gasteiger partial charge in [-0.25, -0.2) is 9.79 Å². The Hall–Kier alpha value is -1.51. The molecular formula is C17H27IN4O2. The largest absolute Gasteiger partial charge is 0.453 e. The zero-order chi connectivity index (χ0) is 16.5. The standard InChI is InChI=1S/C17H26N4O2.HI/c1-23-17(22)21-15-10-8-13(9-11-15)12-19-16(18)20-14-6-4-2-3-5-7-14;/h8-11,14H,2-7,12H2,1H3,(H,21,22)(H3,18,19,20);1H. The number of halogens is 1. The Bertz CT molecular complexity index is 526. The second kappa shape index (κ2) is 11.1. The molecule has 4 N–H and O–H groups in total. The number of rotatable bonds is 4. The first kappa shape index (κ1) is 20.5. The van der Waals surface area contributed by atoms with Gasteiger partial charge in [0.15, 0.2) is 5.96 Å². The molecular weight excluding hydrogens is 419 g/mol. The molecule has 1 aromatic carbocycles. The lowest BCUT2D eigenvalue weighted by molar-refractivity contribution is 0.187. The Balaban J connectivity index is 0.00000288. The molecule has 1 aliphatic rings. The highest BCUT2D eigenvalue weighted by Crippen LogP contribution is 2.17. The Morgan fingerprint density at radius 2 is 1.83 bits per heavy atom. The van der Waals surface area contributed by atoms with Crippen LogP contribution in [0.1, 0.15) is 44.1 Å². The van der Waals surface area contributed by atoms with Crippen molar-refractivity contribution in [3.8, 4) is 0 Å². The molecule has 0 saturated heterocycles. The molecule has 6 nitrogen and oxygen atoms in total. The second-order valence-electron chi connectivity index (χ2n) is 5.85. The van der Waals surface area contributed by atoms with E-state index in [9.17, 15) is 4.79 Å². The van der Waals surface area contributed by atoms with Crippen LogP contribution >= 0.6 is 24.0 Å². The molecule has 134 valence electrons. The Labute approximate surface area is 160 Å². The molecule has 2 rings (SSSR count). The summed E-state index contributed by atoms with van der Waals surface area (Å²) in [6, 6.07) is 7.90. The summed E-state index contributed by atoms with van der Waals surface area (Å²) < 4.78 is 4.55. The van der Waals surface area contributed by atoms with E-state index in [1.165, 1.54) is 45.6 Å². The summed E-state index contributed by atoms with van der Waals surface area (Å²) in [5.74, 6) is 0.508. The van der Waals surface area contributed by atoms with Crippen LogP contribution in [0.15, 0.2) is 29.3 Å². The van der Waals surface area contributed by atoms with Gasteiger partial charge in [0.25, 0.3) is 0 Å². The molecule has 1 aromatic rings. The summed E-state index contributed by atoms with van der Waals surface area (Å²) >= 11 is 0. The van der Waals surface area contributed by atoms with Crippen LogP contribution in [0.3, 0.4) is 0 Å². The van der Waals surface area contributed by atoms with Crippen molar-refractivity contribution in [1.29, 1.82) is 0 Å². The molecule has 0 aromatic heterocycles. The maximum absolute atomic E-state index is 11.1. The zero-order valence-electron chi connectivity index (χ0n) is 14.1. The number of nitrogens with zero attached hydrogens (tertiary/aromatic N) is 1. The van der Waals surface area contributed by atoms with E-state index in [0.717, 1.165) is 5.56 Å². The molecule has 0 radical (unpaired) electrons. The molecule has 1 fully saturated rings. The van der Waals surface area contributed by atoms with Gasteiger partial charge in [-0.1, -0.05) is 37.8 Å². The lowest BCUT2D eigenvalue weighted by Crippen LogP contribution is -2.39. The Morgan fingerprint density at radius 3 is 2.42 bits per heavy atom. The molecule has 1 saturated carbocycles. The summed E-state index contributed by atoms with van der Waals surface area (Å²) in [6.07, 6.45) is 7.03. The highest BCUT2D eigenvalue weighted by molar-refractivity contribution is 14.0. The summed E-state index contributed by atoms with van der Waals surface area (Å²) in [5.41, 5.74) is 7.70. The van der Waals surface area contributed by atoms with Gasteiger partial charge in [-0.2, -0.15) is 0 Å².